The minimum absolute atomic E-state index is 0.00882. The molecule has 0 radical (unpaired) electrons. The van der Waals surface area contributed by atoms with Crippen LogP contribution in [-0.2, 0) is 11.3 Å². The average Bonchev–Trinajstić information content (AvgIpc) is 3.13. The molecule has 0 saturated heterocycles. The third-order valence-corrected chi connectivity index (χ3v) is 2.99. The van der Waals surface area contributed by atoms with Crippen molar-refractivity contribution in [3.8, 4) is 0 Å². The molecule has 0 bridgehead atoms. The Kier molecular flexibility index (Phi) is 3.78. The lowest BCUT2D eigenvalue weighted by Crippen LogP contribution is -2.28. The van der Waals surface area contributed by atoms with Crippen molar-refractivity contribution >= 4 is 5.69 Å². The van der Waals surface area contributed by atoms with Crippen molar-refractivity contribution in [3.63, 3.8) is 0 Å². The van der Waals surface area contributed by atoms with Crippen molar-refractivity contribution in [1.82, 2.24) is 9.78 Å². The van der Waals surface area contributed by atoms with E-state index in [-0.39, 0.29) is 11.7 Å². The number of anilines is 1. The Hall–Kier alpha value is -1.36. The molecule has 5 heteroatoms. The lowest BCUT2D eigenvalue weighted by molar-refractivity contribution is 0.0984. The van der Waals surface area contributed by atoms with Crippen LogP contribution in [0.4, 0.5) is 5.69 Å². The van der Waals surface area contributed by atoms with Crippen molar-refractivity contribution in [2.75, 3.05) is 19.0 Å². The molecule has 1 unspecified atom stereocenters. The molecule has 1 N–H and O–H groups in total. The number of rotatable bonds is 6. The van der Waals surface area contributed by atoms with Gasteiger partial charge in [0.2, 0.25) is 0 Å². The van der Waals surface area contributed by atoms with Crippen LogP contribution >= 0.6 is 0 Å². The van der Waals surface area contributed by atoms with E-state index in [1.807, 2.05) is 6.92 Å². The fraction of sp³-hybridized carbons (Fsp3) is 0.667. The highest BCUT2D eigenvalue weighted by Gasteiger charge is 2.20. The van der Waals surface area contributed by atoms with Gasteiger partial charge in [-0.05, 0) is 25.7 Å². The molecule has 2 rings (SSSR count). The summed E-state index contributed by atoms with van der Waals surface area (Å²) in [5.74, 6) is 0.783. The maximum atomic E-state index is 11.8. The van der Waals surface area contributed by atoms with Gasteiger partial charge in [-0.3, -0.25) is 4.79 Å². The van der Waals surface area contributed by atoms with Crippen LogP contribution in [0.15, 0.2) is 17.1 Å². The molecule has 1 heterocycles. The minimum atomic E-state index is -0.0882. The predicted octanol–water partition coefficient (Wildman–Crippen LogP) is 1.10. The summed E-state index contributed by atoms with van der Waals surface area (Å²) in [6.07, 6.45) is 4.28. The van der Waals surface area contributed by atoms with Gasteiger partial charge in [-0.1, -0.05) is 0 Å². The number of nitrogens with one attached hydrogen (secondary N) is 1. The van der Waals surface area contributed by atoms with Crippen molar-refractivity contribution in [1.29, 1.82) is 0 Å². The molecule has 5 nitrogen and oxygen atoms in total. The zero-order chi connectivity index (χ0) is 12.3. The second-order valence-corrected chi connectivity index (χ2v) is 4.64. The van der Waals surface area contributed by atoms with Gasteiger partial charge in [0.15, 0.2) is 0 Å². The Bertz CT molecular complexity index is 426. The standard InChI is InChI=1S/C12H19N3O2/c1-9(17-2)8-15-12(16)5-11(7-14-15)13-6-10-3-4-10/h5,7,9-10,13H,3-4,6,8H2,1-2H3. The van der Waals surface area contributed by atoms with E-state index in [0.29, 0.717) is 6.54 Å². The Morgan fingerprint density at radius 1 is 1.65 bits per heavy atom. The van der Waals surface area contributed by atoms with Crippen LogP contribution in [-0.4, -0.2) is 29.5 Å². The first-order chi connectivity index (χ1) is 8.19. The van der Waals surface area contributed by atoms with Crippen LogP contribution in [0.25, 0.3) is 0 Å². The van der Waals surface area contributed by atoms with Crippen LogP contribution in [0.2, 0.25) is 0 Å². The minimum Gasteiger partial charge on any atom is -0.383 e. The summed E-state index contributed by atoms with van der Waals surface area (Å²) >= 11 is 0. The van der Waals surface area contributed by atoms with Crippen molar-refractivity contribution < 1.29 is 4.74 Å². The number of nitrogens with zero attached hydrogens (tertiary/aromatic N) is 2. The number of ether oxygens (including phenoxy) is 1. The maximum absolute atomic E-state index is 11.8. The summed E-state index contributed by atoms with van der Waals surface area (Å²) in [5, 5.41) is 7.36. The number of aromatic nitrogens is 2. The monoisotopic (exact) mass is 237 g/mol. The molecule has 17 heavy (non-hydrogen) atoms. The summed E-state index contributed by atoms with van der Waals surface area (Å²) in [4.78, 5) is 11.8. The lowest BCUT2D eigenvalue weighted by Gasteiger charge is -2.11. The molecule has 0 aromatic carbocycles. The van der Waals surface area contributed by atoms with Crippen LogP contribution < -0.4 is 10.9 Å². The summed E-state index contributed by atoms with van der Waals surface area (Å²) in [6, 6.07) is 1.60. The van der Waals surface area contributed by atoms with E-state index in [9.17, 15) is 4.79 Å². The molecule has 1 fully saturated rings. The second kappa shape index (κ2) is 5.31. The SMILES string of the molecule is COC(C)Cn1ncc(NCC2CC2)cc1=O. The molecule has 1 atom stereocenters. The summed E-state index contributed by atoms with van der Waals surface area (Å²) in [6.45, 7) is 3.34. The molecule has 1 aliphatic rings. The van der Waals surface area contributed by atoms with E-state index >= 15 is 0 Å². The third-order valence-electron chi connectivity index (χ3n) is 2.99. The zero-order valence-corrected chi connectivity index (χ0v) is 10.3. The third kappa shape index (κ3) is 3.56. The van der Waals surface area contributed by atoms with Gasteiger partial charge < -0.3 is 10.1 Å². The maximum Gasteiger partial charge on any atom is 0.268 e. The van der Waals surface area contributed by atoms with Crippen LogP contribution in [0.3, 0.4) is 0 Å². The summed E-state index contributed by atoms with van der Waals surface area (Å²) in [5.41, 5.74) is 0.720. The topological polar surface area (TPSA) is 56.1 Å². The van der Waals surface area contributed by atoms with Crippen molar-refractivity contribution in [2.24, 2.45) is 5.92 Å². The highest BCUT2D eigenvalue weighted by atomic mass is 16.5. The zero-order valence-electron chi connectivity index (χ0n) is 10.3. The van der Waals surface area contributed by atoms with Crippen LogP contribution in [0, 0.1) is 5.92 Å². The molecule has 0 aliphatic heterocycles. The van der Waals surface area contributed by atoms with Crippen molar-refractivity contribution in [2.45, 2.75) is 32.4 Å². The smallest absolute Gasteiger partial charge is 0.268 e. The quantitative estimate of drug-likeness (QED) is 0.805. The number of hydrogen-bond acceptors (Lipinski definition) is 4. The number of methoxy groups -OCH3 is 1. The molecule has 0 amide bonds. The Morgan fingerprint density at radius 2 is 2.41 bits per heavy atom. The molecular formula is C12H19N3O2. The second-order valence-electron chi connectivity index (χ2n) is 4.64. The van der Waals surface area contributed by atoms with Gasteiger partial charge in [-0.2, -0.15) is 5.10 Å². The molecule has 1 aromatic heterocycles. The van der Waals surface area contributed by atoms with Gasteiger partial charge in [0, 0.05) is 19.7 Å². The van der Waals surface area contributed by atoms with E-state index < -0.39 is 0 Å². The molecule has 1 aromatic rings. The van der Waals surface area contributed by atoms with Crippen LogP contribution in [0.1, 0.15) is 19.8 Å². The lowest BCUT2D eigenvalue weighted by atomic mass is 10.3. The van der Waals surface area contributed by atoms with Gasteiger partial charge in [-0.25, -0.2) is 4.68 Å². The molecular weight excluding hydrogens is 218 g/mol. The first kappa shape index (κ1) is 12.1. The number of hydrogen-bond donors (Lipinski definition) is 1. The largest absolute Gasteiger partial charge is 0.383 e. The fourth-order valence-corrected chi connectivity index (χ4v) is 1.57. The first-order valence-corrected chi connectivity index (χ1v) is 6.03. The highest BCUT2D eigenvalue weighted by Crippen LogP contribution is 2.28. The fourth-order valence-electron chi connectivity index (χ4n) is 1.57. The van der Waals surface area contributed by atoms with Gasteiger partial charge in [0.1, 0.15) is 0 Å². The van der Waals surface area contributed by atoms with Gasteiger partial charge in [0.05, 0.1) is 24.5 Å². The van der Waals surface area contributed by atoms with E-state index in [1.54, 1.807) is 19.4 Å². The van der Waals surface area contributed by atoms with E-state index in [2.05, 4.69) is 10.4 Å². The average molecular weight is 237 g/mol. The molecule has 1 aliphatic carbocycles. The first-order valence-electron chi connectivity index (χ1n) is 6.03. The van der Waals surface area contributed by atoms with E-state index in [0.717, 1.165) is 18.2 Å². The van der Waals surface area contributed by atoms with Crippen LogP contribution in [0.5, 0.6) is 0 Å². The predicted molar refractivity (Wildman–Crippen MR) is 66.2 cm³/mol. The molecule has 1 saturated carbocycles. The molecule has 94 valence electrons. The highest BCUT2D eigenvalue weighted by molar-refractivity contribution is 5.38. The van der Waals surface area contributed by atoms with E-state index in [4.69, 9.17) is 4.74 Å². The summed E-state index contributed by atoms with van der Waals surface area (Å²) in [7, 11) is 1.63. The summed E-state index contributed by atoms with van der Waals surface area (Å²) < 4.78 is 6.54. The van der Waals surface area contributed by atoms with Gasteiger partial charge in [0.25, 0.3) is 5.56 Å². The van der Waals surface area contributed by atoms with Gasteiger partial charge >= 0.3 is 0 Å². The molecule has 0 spiro atoms. The Morgan fingerprint density at radius 3 is 3.00 bits per heavy atom. The van der Waals surface area contributed by atoms with E-state index in [1.165, 1.54) is 17.5 Å². The Labute approximate surface area is 101 Å². The normalized spacial score (nSPS) is 16.8. The van der Waals surface area contributed by atoms with Crippen molar-refractivity contribution in [3.05, 3.63) is 22.6 Å². The van der Waals surface area contributed by atoms with Gasteiger partial charge in [-0.15, -0.1) is 0 Å². The Balaban J connectivity index is 1.97.